The van der Waals surface area contributed by atoms with E-state index in [1.54, 1.807) is 6.20 Å². The standard InChI is InChI=1S/C14H23N5/c15-12-9-18-14(8-11-4-2-6-17-11)19-13(12)7-10-3-1-5-16-10/h9-11,16-17H,1-8,15H2. The lowest BCUT2D eigenvalue weighted by Gasteiger charge is -2.13. The maximum Gasteiger partial charge on any atom is 0.130 e. The maximum atomic E-state index is 6.01. The number of hydrogen-bond acceptors (Lipinski definition) is 5. The van der Waals surface area contributed by atoms with E-state index < -0.39 is 0 Å². The number of aromatic nitrogens is 2. The first-order valence-corrected chi connectivity index (χ1v) is 7.38. The smallest absolute Gasteiger partial charge is 0.130 e. The van der Waals surface area contributed by atoms with E-state index in [9.17, 15) is 0 Å². The van der Waals surface area contributed by atoms with Gasteiger partial charge in [0.1, 0.15) is 5.82 Å². The Morgan fingerprint density at radius 1 is 1.11 bits per heavy atom. The number of nitrogens with one attached hydrogen (secondary N) is 2. The molecule has 0 saturated carbocycles. The Kier molecular flexibility index (Phi) is 3.94. The van der Waals surface area contributed by atoms with Crippen LogP contribution in [0.4, 0.5) is 5.69 Å². The van der Waals surface area contributed by atoms with Crippen molar-refractivity contribution in [1.29, 1.82) is 0 Å². The molecule has 0 aliphatic carbocycles. The minimum atomic E-state index is 0.537. The molecule has 2 saturated heterocycles. The van der Waals surface area contributed by atoms with Gasteiger partial charge in [0, 0.05) is 24.9 Å². The molecule has 3 heterocycles. The Balaban J connectivity index is 1.67. The fourth-order valence-corrected chi connectivity index (χ4v) is 3.05. The van der Waals surface area contributed by atoms with Crippen LogP contribution in [-0.4, -0.2) is 35.1 Å². The number of anilines is 1. The van der Waals surface area contributed by atoms with E-state index in [-0.39, 0.29) is 0 Å². The molecule has 0 bridgehead atoms. The first kappa shape index (κ1) is 12.8. The van der Waals surface area contributed by atoms with Crippen molar-refractivity contribution in [3.8, 4) is 0 Å². The molecule has 1 aromatic heterocycles. The Morgan fingerprint density at radius 3 is 2.42 bits per heavy atom. The molecule has 2 atom stereocenters. The fourth-order valence-electron chi connectivity index (χ4n) is 3.05. The van der Waals surface area contributed by atoms with Crippen molar-refractivity contribution in [3.63, 3.8) is 0 Å². The van der Waals surface area contributed by atoms with Crippen LogP contribution in [0.25, 0.3) is 0 Å². The molecule has 0 spiro atoms. The molecule has 2 aliphatic rings. The van der Waals surface area contributed by atoms with Crippen molar-refractivity contribution >= 4 is 5.69 Å². The molecule has 5 heteroatoms. The summed E-state index contributed by atoms with van der Waals surface area (Å²) in [5.41, 5.74) is 7.76. The number of nitrogen functional groups attached to an aromatic ring is 1. The quantitative estimate of drug-likeness (QED) is 0.742. The predicted octanol–water partition coefficient (Wildman–Crippen LogP) is 0.648. The van der Waals surface area contributed by atoms with Gasteiger partial charge < -0.3 is 16.4 Å². The lowest BCUT2D eigenvalue weighted by molar-refractivity contribution is 0.571. The molecule has 0 aromatic carbocycles. The highest BCUT2D eigenvalue weighted by atomic mass is 15.0. The first-order chi connectivity index (χ1) is 9.31. The van der Waals surface area contributed by atoms with Crippen LogP contribution < -0.4 is 16.4 Å². The summed E-state index contributed by atoms with van der Waals surface area (Å²) in [4.78, 5) is 9.06. The van der Waals surface area contributed by atoms with Gasteiger partial charge in [-0.2, -0.15) is 0 Å². The van der Waals surface area contributed by atoms with Crippen LogP contribution >= 0.6 is 0 Å². The molecule has 0 amide bonds. The highest BCUT2D eigenvalue weighted by Gasteiger charge is 2.19. The van der Waals surface area contributed by atoms with Gasteiger partial charge in [0.25, 0.3) is 0 Å². The third kappa shape index (κ3) is 3.22. The lowest BCUT2D eigenvalue weighted by Crippen LogP contribution is -2.27. The van der Waals surface area contributed by atoms with Gasteiger partial charge >= 0.3 is 0 Å². The van der Waals surface area contributed by atoms with Gasteiger partial charge in [0.2, 0.25) is 0 Å². The van der Waals surface area contributed by atoms with Crippen LogP contribution in [0, 0.1) is 0 Å². The molecule has 19 heavy (non-hydrogen) atoms. The summed E-state index contributed by atoms with van der Waals surface area (Å²) in [6.45, 7) is 2.24. The first-order valence-electron chi connectivity index (χ1n) is 7.38. The second-order valence-electron chi connectivity index (χ2n) is 5.68. The Hall–Kier alpha value is -1.20. The summed E-state index contributed by atoms with van der Waals surface area (Å²) >= 11 is 0. The van der Waals surface area contributed by atoms with Gasteiger partial charge in [-0.3, -0.25) is 0 Å². The van der Waals surface area contributed by atoms with Crippen LogP contribution in [0.3, 0.4) is 0 Å². The fraction of sp³-hybridized carbons (Fsp3) is 0.714. The Morgan fingerprint density at radius 2 is 1.79 bits per heavy atom. The van der Waals surface area contributed by atoms with Crippen molar-refractivity contribution in [2.24, 2.45) is 0 Å². The second-order valence-corrected chi connectivity index (χ2v) is 5.68. The summed E-state index contributed by atoms with van der Waals surface area (Å²) in [5.74, 6) is 0.932. The Labute approximate surface area is 114 Å². The molecule has 2 aliphatic heterocycles. The highest BCUT2D eigenvalue weighted by molar-refractivity contribution is 5.40. The molecular weight excluding hydrogens is 238 g/mol. The zero-order valence-electron chi connectivity index (χ0n) is 11.4. The van der Waals surface area contributed by atoms with Crippen LogP contribution in [-0.2, 0) is 12.8 Å². The minimum absolute atomic E-state index is 0.537. The third-order valence-corrected chi connectivity index (χ3v) is 4.14. The van der Waals surface area contributed by atoms with E-state index in [4.69, 9.17) is 5.73 Å². The van der Waals surface area contributed by atoms with E-state index in [0.717, 1.165) is 43.1 Å². The molecular formula is C14H23N5. The molecule has 1 aromatic rings. The SMILES string of the molecule is Nc1cnc(CC2CCCN2)nc1CC1CCCN1. The number of hydrogen-bond donors (Lipinski definition) is 3. The van der Waals surface area contributed by atoms with E-state index in [2.05, 4.69) is 20.6 Å². The van der Waals surface area contributed by atoms with Gasteiger partial charge in [0.15, 0.2) is 0 Å². The largest absolute Gasteiger partial charge is 0.396 e. The molecule has 4 N–H and O–H groups in total. The van der Waals surface area contributed by atoms with Crippen molar-refractivity contribution in [2.75, 3.05) is 18.8 Å². The number of nitrogens with two attached hydrogens (primary N) is 1. The van der Waals surface area contributed by atoms with Gasteiger partial charge in [-0.1, -0.05) is 0 Å². The molecule has 0 radical (unpaired) electrons. The van der Waals surface area contributed by atoms with Crippen molar-refractivity contribution < 1.29 is 0 Å². The lowest BCUT2D eigenvalue weighted by atomic mass is 10.1. The summed E-state index contributed by atoms with van der Waals surface area (Å²) in [6.07, 6.45) is 8.61. The van der Waals surface area contributed by atoms with Gasteiger partial charge in [-0.25, -0.2) is 9.97 Å². The highest BCUT2D eigenvalue weighted by Crippen LogP contribution is 2.16. The maximum absolute atomic E-state index is 6.01. The molecule has 104 valence electrons. The van der Waals surface area contributed by atoms with Crippen LogP contribution in [0.1, 0.15) is 37.2 Å². The van der Waals surface area contributed by atoms with Gasteiger partial charge in [0.05, 0.1) is 17.6 Å². The van der Waals surface area contributed by atoms with Gasteiger partial charge in [-0.15, -0.1) is 0 Å². The predicted molar refractivity (Wildman–Crippen MR) is 75.9 cm³/mol. The Bertz CT molecular complexity index is 422. The van der Waals surface area contributed by atoms with Gasteiger partial charge in [-0.05, 0) is 38.8 Å². The van der Waals surface area contributed by atoms with Crippen molar-refractivity contribution in [2.45, 2.75) is 50.6 Å². The summed E-state index contributed by atoms with van der Waals surface area (Å²) < 4.78 is 0. The number of nitrogens with zero attached hydrogens (tertiary/aromatic N) is 2. The average molecular weight is 261 g/mol. The summed E-state index contributed by atoms with van der Waals surface area (Å²) in [5, 5.41) is 6.99. The normalized spacial score (nSPS) is 26.9. The molecule has 2 unspecified atom stereocenters. The molecule has 3 rings (SSSR count). The van der Waals surface area contributed by atoms with Crippen LogP contribution in [0.15, 0.2) is 6.20 Å². The average Bonchev–Trinajstić information content (AvgIpc) is 3.07. The van der Waals surface area contributed by atoms with Crippen LogP contribution in [0.5, 0.6) is 0 Å². The molecule has 5 nitrogen and oxygen atoms in total. The topological polar surface area (TPSA) is 75.9 Å². The minimum Gasteiger partial charge on any atom is -0.396 e. The van der Waals surface area contributed by atoms with E-state index >= 15 is 0 Å². The van der Waals surface area contributed by atoms with Crippen LogP contribution in [0.2, 0.25) is 0 Å². The van der Waals surface area contributed by atoms with Crippen molar-refractivity contribution in [3.05, 3.63) is 17.7 Å². The second kappa shape index (κ2) is 5.84. The monoisotopic (exact) mass is 261 g/mol. The third-order valence-electron chi connectivity index (χ3n) is 4.14. The summed E-state index contributed by atoms with van der Waals surface area (Å²) in [6, 6.07) is 1.08. The van der Waals surface area contributed by atoms with E-state index in [1.165, 1.54) is 25.7 Å². The summed E-state index contributed by atoms with van der Waals surface area (Å²) in [7, 11) is 0. The zero-order chi connectivity index (χ0) is 13.1. The zero-order valence-corrected chi connectivity index (χ0v) is 11.4. The molecule has 2 fully saturated rings. The van der Waals surface area contributed by atoms with Crippen molar-refractivity contribution in [1.82, 2.24) is 20.6 Å². The number of rotatable bonds is 4. The van der Waals surface area contributed by atoms with E-state index in [1.807, 2.05) is 0 Å². The van der Waals surface area contributed by atoms with E-state index in [0.29, 0.717) is 12.1 Å².